The van der Waals surface area contributed by atoms with Crippen LogP contribution < -0.4 is 5.73 Å². The van der Waals surface area contributed by atoms with Crippen LogP contribution in [-0.2, 0) is 6.42 Å². The summed E-state index contributed by atoms with van der Waals surface area (Å²) in [4.78, 5) is 1.31. The lowest BCUT2D eigenvalue weighted by Gasteiger charge is -2.03. The summed E-state index contributed by atoms with van der Waals surface area (Å²) < 4.78 is 0. The van der Waals surface area contributed by atoms with Crippen LogP contribution in [0.3, 0.4) is 0 Å². The number of unbranched alkanes of at least 4 members (excludes halogenated alkanes) is 1. The van der Waals surface area contributed by atoms with E-state index in [9.17, 15) is 0 Å². The van der Waals surface area contributed by atoms with E-state index in [-0.39, 0.29) is 0 Å². The zero-order valence-electron chi connectivity index (χ0n) is 10.5. The molecule has 2 rings (SSSR count). The Balaban J connectivity index is 1.63. The topological polar surface area (TPSA) is 26.0 Å². The maximum Gasteiger partial charge on any atom is 0.0314 e. The van der Waals surface area contributed by atoms with Crippen molar-refractivity contribution >= 4 is 17.4 Å². The Labute approximate surface area is 113 Å². The fourth-order valence-corrected chi connectivity index (χ4v) is 2.74. The standard InChI is InChI=1S/C16H19NS/c17-15-9-11-16(12-10-15)18-13-5-4-8-14-6-2-1-3-7-14/h1-3,6-7,9-12H,4-5,8,13,17H2. The Morgan fingerprint density at radius 1 is 0.833 bits per heavy atom. The molecule has 0 fully saturated rings. The number of anilines is 1. The zero-order chi connectivity index (χ0) is 12.6. The Kier molecular flexibility index (Phi) is 5.15. The molecule has 0 aliphatic carbocycles. The number of rotatable bonds is 6. The number of hydrogen-bond donors (Lipinski definition) is 1. The van der Waals surface area contributed by atoms with E-state index in [0.29, 0.717) is 0 Å². The lowest BCUT2D eigenvalue weighted by molar-refractivity contribution is 0.802. The molecule has 0 amide bonds. The molecule has 18 heavy (non-hydrogen) atoms. The molecular formula is C16H19NS. The molecule has 0 unspecified atom stereocenters. The van der Waals surface area contributed by atoms with Crippen molar-refractivity contribution in [3.05, 3.63) is 60.2 Å². The fraction of sp³-hybridized carbons (Fsp3) is 0.250. The molecule has 0 spiro atoms. The molecule has 0 radical (unpaired) electrons. The van der Waals surface area contributed by atoms with Gasteiger partial charge in [0.05, 0.1) is 0 Å². The van der Waals surface area contributed by atoms with Crippen LogP contribution in [0.4, 0.5) is 5.69 Å². The van der Waals surface area contributed by atoms with Crippen LogP contribution in [0.1, 0.15) is 18.4 Å². The van der Waals surface area contributed by atoms with Gasteiger partial charge in [-0.05, 0) is 54.8 Å². The lowest BCUT2D eigenvalue weighted by Crippen LogP contribution is -1.87. The van der Waals surface area contributed by atoms with Gasteiger partial charge >= 0.3 is 0 Å². The van der Waals surface area contributed by atoms with Crippen molar-refractivity contribution in [2.45, 2.75) is 24.2 Å². The summed E-state index contributed by atoms with van der Waals surface area (Å²) in [6, 6.07) is 18.8. The number of thioether (sulfide) groups is 1. The smallest absolute Gasteiger partial charge is 0.0314 e. The minimum absolute atomic E-state index is 0.837. The molecular weight excluding hydrogens is 238 g/mol. The lowest BCUT2D eigenvalue weighted by atomic mass is 10.1. The highest BCUT2D eigenvalue weighted by Gasteiger charge is 1.95. The summed E-state index contributed by atoms with van der Waals surface area (Å²) in [7, 11) is 0. The first kappa shape index (κ1) is 13.0. The molecule has 2 aromatic carbocycles. The molecule has 2 heteroatoms. The molecule has 0 bridgehead atoms. The third kappa shape index (κ3) is 4.46. The molecule has 0 aliphatic heterocycles. The molecule has 0 saturated heterocycles. The molecule has 2 aromatic rings. The van der Waals surface area contributed by atoms with Crippen molar-refractivity contribution in [2.24, 2.45) is 0 Å². The monoisotopic (exact) mass is 257 g/mol. The van der Waals surface area contributed by atoms with E-state index in [2.05, 4.69) is 42.5 Å². The van der Waals surface area contributed by atoms with E-state index >= 15 is 0 Å². The van der Waals surface area contributed by atoms with Crippen molar-refractivity contribution < 1.29 is 0 Å². The molecule has 0 aliphatic rings. The Morgan fingerprint density at radius 2 is 1.56 bits per heavy atom. The van der Waals surface area contributed by atoms with E-state index in [1.54, 1.807) is 0 Å². The average Bonchev–Trinajstić information content (AvgIpc) is 2.42. The second kappa shape index (κ2) is 7.12. The van der Waals surface area contributed by atoms with Crippen molar-refractivity contribution in [1.82, 2.24) is 0 Å². The van der Waals surface area contributed by atoms with Crippen LogP contribution >= 0.6 is 11.8 Å². The minimum atomic E-state index is 0.837. The van der Waals surface area contributed by atoms with Crippen molar-refractivity contribution in [2.75, 3.05) is 11.5 Å². The number of nitrogen functional groups attached to an aromatic ring is 1. The van der Waals surface area contributed by atoms with Gasteiger partial charge in [-0.25, -0.2) is 0 Å². The second-order valence-electron chi connectivity index (χ2n) is 4.36. The summed E-state index contributed by atoms with van der Waals surface area (Å²) in [5.74, 6) is 1.18. The molecule has 0 atom stereocenters. The van der Waals surface area contributed by atoms with Gasteiger partial charge in [0.1, 0.15) is 0 Å². The van der Waals surface area contributed by atoms with Crippen LogP contribution in [0.5, 0.6) is 0 Å². The van der Waals surface area contributed by atoms with Gasteiger partial charge in [-0.1, -0.05) is 30.3 Å². The van der Waals surface area contributed by atoms with Crippen LogP contribution in [0.2, 0.25) is 0 Å². The summed E-state index contributed by atoms with van der Waals surface area (Å²) in [5, 5.41) is 0. The van der Waals surface area contributed by atoms with Crippen molar-refractivity contribution in [1.29, 1.82) is 0 Å². The first-order valence-corrected chi connectivity index (χ1v) is 7.35. The van der Waals surface area contributed by atoms with Crippen LogP contribution in [0.15, 0.2) is 59.5 Å². The number of benzene rings is 2. The van der Waals surface area contributed by atoms with Gasteiger partial charge in [0.25, 0.3) is 0 Å². The van der Waals surface area contributed by atoms with Crippen LogP contribution in [0, 0.1) is 0 Å². The van der Waals surface area contributed by atoms with Gasteiger partial charge < -0.3 is 5.73 Å². The molecule has 0 heterocycles. The third-order valence-corrected chi connectivity index (χ3v) is 3.95. The number of hydrogen-bond acceptors (Lipinski definition) is 2. The van der Waals surface area contributed by atoms with Crippen LogP contribution in [-0.4, -0.2) is 5.75 Å². The first-order valence-electron chi connectivity index (χ1n) is 6.37. The molecule has 0 aromatic heterocycles. The predicted molar refractivity (Wildman–Crippen MR) is 81.0 cm³/mol. The van der Waals surface area contributed by atoms with Gasteiger partial charge in [0, 0.05) is 10.6 Å². The second-order valence-corrected chi connectivity index (χ2v) is 5.53. The zero-order valence-corrected chi connectivity index (χ0v) is 11.3. The molecule has 94 valence electrons. The predicted octanol–water partition coefficient (Wildman–Crippen LogP) is 4.38. The van der Waals surface area contributed by atoms with Crippen molar-refractivity contribution in [3.8, 4) is 0 Å². The third-order valence-electron chi connectivity index (χ3n) is 2.85. The highest BCUT2D eigenvalue weighted by molar-refractivity contribution is 7.99. The Hall–Kier alpha value is -1.41. The maximum atomic E-state index is 5.66. The highest BCUT2D eigenvalue weighted by Crippen LogP contribution is 2.20. The van der Waals surface area contributed by atoms with Crippen molar-refractivity contribution in [3.63, 3.8) is 0 Å². The van der Waals surface area contributed by atoms with Gasteiger partial charge in [0.2, 0.25) is 0 Å². The van der Waals surface area contributed by atoms with Gasteiger partial charge in [-0.3, -0.25) is 0 Å². The molecule has 1 nitrogen and oxygen atoms in total. The maximum absolute atomic E-state index is 5.66. The van der Waals surface area contributed by atoms with E-state index in [0.717, 1.165) is 5.69 Å². The molecule has 0 saturated carbocycles. The first-order chi connectivity index (χ1) is 8.84. The van der Waals surface area contributed by atoms with E-state index in [4.69, 9.17) is 5.73 Å². The van der Waals surface area contributed by atoms with Gasteiger partial charge in [0.15, 0.2) is 0 Å². The van der Waals surface area contributed by atoms with E-state index in [1.165, 1.54) is 35.5 Å². The van der Waals surface area contributed by atoms with Crippen LogP contribution in [0.25, 0.3) is 0 Å². The van der Waals surface area contributed by atoms with E-state index in [1.807, 2.05) is 23.9 Å². The number of aryl methyl sites for hydroxylation is 1. The number of nitrogens with two attached hydrogens (primary N) is 1. The minimum Gasteiger partial charge on any atom is -0.399 e. The molecule has 2 N–H and O–H groups in total. The fourth-order valence-electron chi connectivity index (χ4n) is 1.83. The summed E-state index contributed by atoms with van der Waals surface area (Å²) in [6.45, 7) is 0. The summed E-state index contributed by atoms with van der Waals surface area (Å²) >= 11 is 1.91. The summed E-state index contributed by atoms with van der Waals surface area (Å²) in [6.07, 6.45) is 3.69. The Morgan fingerprint density at radius 3 is 2.28 bits per heavy atom. The van der Waals surface area contributed by atoms with Gasteiger partial charge in [-0.15, -0.1) is 11.8 Å². The normalized spacial score (nSPS) is 10.4. The average molecular weight is 257 g/mol. The highest BCUT2D eigenvalue weighted by atomic mass is 32.2. The quantitative estimate of drug-likeness (QED) is 0.472. The largest absolute Gasteiger partial charge is 0.399 e. The summed E-state index contributed by atoms with van der Waals surface area (Å²) in [5.41, 5.74) is 7.93. The Bertz CT molecular complexity index is 450. The SMILES string of the molecule is Nc1ccc(SCCCCc2ccccc2)cc1. The van der Waals surface area contributed by atoms with E-state index < -0.39 is 0 Å². The van der Waals surface area contributed by atoms with Gasteiger partial charge in [-0.2, -0.15) is 0 Å².